The molecule has 2 aromatic rings. The molecule has 0 atom stereocenters. The Morgan fingerprint density at radius 3 is 2.28 bits per heavy atom. The molecule has 0 aliphatic carbocycles. The van der Waals surface area contributed by atoms with Crippen LogP contribution in [0.1, 0.15) is 5.56 Å². The van der Waals surface area contributed by atoms with E-state index in [4.69, 9.17) is 44.3 Å². The number of carbonyl (C=O) groups excluding carboxylic acids is 1. The van der Waals surface area contributed by atoms with Gasteiger partial charge in [-0.05, 0) is 36.4 Å². The van der Waals surface area contributed by atoms with Crippen LogP contribution in [-0.2, 0) is 16.1 Å². The van der Waals surface area contributed by atoms with Crippen molar-refractivity contribution in [1.29, 1.82) is 0 Å². The summed E-state index contributed by atoms with van der Waals surface area (Å²) in [5.41, 5.74) is 0.200. The third-order valence-electron chi connectivity index (χ3n) is 2.87. The molecule has 0 fully saturated rings. The quantitative estimate of drug-likeness (QED) is 0.575. The minimum absolute atomic E-state index is 0.131. The first-order valence-electron chi connectivity index (χ1n) is 6.82. The van der Waals surface area contributed by atoms with Gasteiger partial charge in [0.1, 0.15) is 18.1 Å². The van der Waals surface area contributed by atoms with Crippen molar-refractivity contribution in [3.8, 4) is 11.5 Å². The van der Waals surface area contributed by atoms with E-state index in [9.17, 15) is 13.6 Å². The van der Waals surface area contributed by atoms with Gasteiger partial charge < -0.3 is 14.2 Å². The molecule has 0 aromatic heterocycles. The van der Waals surface area contributed by atoms with Crippen LogP contribution in [0.5, 0.6) is 11.5 Å². The molecule has 2 aromatic carbocycles. The summed E-state index contributed by atoms with van der Waals surface area (Å²) >= 11 is 17.5. The molecule has 0 bridgehead atoms. The number of carbonyl (C=O) groups is 1. The van der Waals surface area contributed by atoms with Crippen molar-refractivity contribution in [1.82, 2.24) is 0 Å². The van der Waals surface area contributed by atoms with Gasteiger partial charge in [-0.25, -0.2) is 4.79 Å². The van der Waals surface area contributed by atoms with E-state index in [1.807, 2.05) is 0 Å². The summed E-state index contributed by atoms with van der Waals surface area (Å²) in [5.74, 6) is -0.602. The predicted molar refractivity (Wildman–Crippen MR) is 89.8 cm³/mol. The van der Waals surface area contributed by atoms with Crippen LogP contribution in [0.25, 0.3) is 0 Å². The van der Waals surface area contributed by atoms with Gasteiger partial charge >= 0.3 is 12.6 Å². The van der Waals surface area contributed by atoms with Crippen molar-refractivity contribution in [2.45, 2.75) is 13.2 Å². The molecule has 0 heterocycles. The fraction of sp³-hybridized carbons (Fsp3) is 0.188. The standard InChI is InChI=1S/C16H11Cl3F2O4/c17-10-1-3-13(25-16(20)21)9(5-10)7-24-15(22)8-23-14-4-2-11(18)6-12(14)19/h1-6,16H,7-8H2. The van der Waals surface area contributed by atoms with E-state index in [-0.39, 0.29) is 33.7 Å². The van der Waals surface area contributed by atoms with Gasteiger partial charge in [-0.2, -0.15) is 8.78 Å². The maximum absolute atomic E-state index is 12.4. The van der Waals surface area contributed by atoms with E-state index < -0.39 is 19.2 Å². The topological polar surface area (TPSA) is 44.8 Å². The summed E-state index contributed by atoms with van der Waals surface area (Å²) in [4.78, 5) is 11.7. The fourth-order valence-corrected chi connectivity index (χ4v) is 2.46. The predicted octanol–water partition coefficient (Wildman–Crippen LogP) is 5.37. The molecule has 4 nitrogen and oxygen atoms in total. The first-order chi connectivity index (χ1) is 11.8. The lowest BCUT2D eigenvalue weighted by Crippen LogP contribution is -2.15. The number of ether oxygens (including phenoxy) is 3. The van der Waals surface area contributed by atoms with Crippen LogP contribution in [0.4, 0.5) is 8.78 Å². The highest BCUT2D eigenvalue weighted by atomic mass is 35.5. The average Bonchev–Trinajstić information content (AvgIpc) is 2.54. The Morgan fingerprint density at radius 1 is 1.00 bits per heavy atom. The number of hydrogen-bond acceptors (Lipinski definition) is 4. The van der Waals surface area contributed by atoms with Crippen LogP contribution in [0, 0.1) is 0 Å². The molecule has 0 aliphatic heterocycles. The lowest BCUT2D eigenvalue weighted by Gasteiger charge is -2.12. The van der Waals surface area contributed by atoms with Crippen molar-refractivity contribution >= 4 is 40.8 Å². The lowest BCUT2D eigenvalue weighted by molar-refractivity contribution is -0.147. The Morgan fingerprint density at radius 2 is 1.64 bits per heavy atom. The van der Waals surface area contributed by atoms with Gasteiger partial charge in [-0.15, -0.1) is 0 Å². The average molecular weight is 412 g/mol. The van der Waals surface area contributed by atoms with Crippen molar-refractivity contribution in [3.05, 3.63) is 57.0 Å². The highest BCUT2D eigenvalue weighted by Gasteiger charge is 2.13. The minimum atomic E-state index is -3.01. The minimum Gasteiger partial charge on any atom is -0.480 e. The first kappa shape index (κ1) is 19.6. The zero-order chi connectivity index (χ0) is 18.4. The van der Waals surface area contributed by atoms with Gasteiger partial charge in [0.15, 0.2) is 6.61 Å². The third kappa shape index (κ3) is 6.23. The molecule has 0 saturated heterocycles. The molecule has 0 radical (unpaired) electrons. The van der Waals surface area contributed by atoms with Gasteiger partial charge in [0.25, 0.3) is 0 Å². The van der Waals surface area contributed by atoms with Gasteiger partial charge in [-0.3, -0.25) is 0 Å². The molecule has 2 rings (SSSR count). The van der Waals surface area contributed by atoms with E-state index in [0.717, 1.165) is 0 Å². The van der Waals surface area contributed by atoms with Gasteiger partial charge in [0.05, 0.1) is 5.02 Å². The van der Waals surface area contributed by atoms with Crippen molar-refractivity contribution in [3.63, 3.8) is 0 Å². The summed E-state index contributed by atoms with van der Waals surface area (Å²) in [6.45, 7) is -3.74. The molecule has 134 valence electrons. The fourth-order valence-electron chi connectivity index (χ4n) is 1.80. The van der Waals surface area contributed by atoms with Crippen molar-refractivity contribution in [2.75, 3.05) is 6.61 Å². The second kappa shape index (κ2) is 9.08. The Labute approximate surface area is 157 Å². The van der Waals surface area contributed by atoms with E-state index in [0.29, 0.717) is 5.02 Å². The molecular weight excluding hydrogens is 401 g/mol. The monoisotopic (exact) mass is 410 g/mol. The van der Waals surface area contributed by atoms with Crippen molar-refractivity contribution in [2.24, 2.45) is 0 Å². The maximum Gasteiger partial charge on any atom is 0.387 e. The molecule has 0 unspecified atom stereocenters. The number of hydrogen-bond donors (Lipinski definition) is 0. The highest BCUT2D eigenvalue weighted by Crippen LogP contribution is 2.28. The summed E-state index contributed by atoms with van der Waals surface area (Å²) < 4.78 is 39.3. The van der Waals surface area contributed by atoms with Gasteiger partial charge in [0.2, 0.25) is 0 Å². The molecule has 0 aliphatic rings. The van der Waals surface area contributed by atoms with Crippen LogP contribution < -0.4 is 9.47 Å². The number of esters is 1. The van der Waals surface area contributed by atoms with Gasteiger partial charge in [-0.1, -0.05) is 34.8 Å². The largest absolute Gasteiger partial charge is 0.480 e. The van der Waals surface area contributed by atoms with Gasteiger partial charge in [0, 0.05) is 15.6 Å². The zero-order valence-corrected chi connectivity index (χ0v) is 14.7. The van der Waals surface area contributed by atoms with Crippen LogP contribution in [0.2, 0.25) is 15.1 Å². The summed E-state index contributed by atoms with van der Waals surface area (Å²) in [6.07, 6.45) is 0. The second-order valence-electron chi connectivity index (χ2n) is 4.65. The van der Waals surface area contributed by atoms with Crippen LogP contribution in [-0.4, -0.2) is 19.2 Å². The Kier molecular flexibility index (Phi) is 7.11. The van der Waals surface area contributed by atoms with Crippen molar-refractivity contribution < 1.29 is 27.8 Å². The molecule has 0 N–H and O–H groups in total. The normalized spacial score (nSPS) is 10.6. The molecule has 0 spiro atoms. The summed E-state index contributed by atoms with van der Waals surface area (Å²) in [7, 11) is 0. The number of rotatable bonds is 7. The molecule has 0 amide bonds. The summed E-state index contributed by atoms with van der Waals surface area (Å²) in [6, 6.07) is 8.53. The molecule has 25 heavy (non-hydrogen) atoms. The number of alkyl halides is 2. The van der Waals surface area contributed by atoms with Crippen LogP contribution in [0.3, 0.4) is 0 Å². The Balaban J connectivity index is 1.92. The number of benzene rings is 2. The first-order valence-corrected chi connectivity index (χ1v) is 7.95. The smallest absolute Gasteiger partial charge is 0.387 e. The number of halogens is 5. The molecular formula is C16H11Cl3F2O4. The molecule has 9 heteroatoms. The van der Waals surface area contributed by atoms with E-state index in [1.165, 1.54) is 30.3 Å². The highest BCUT2D eigenvalue weighted by molar-refractivity contribution is 6.35. The van der Waals surface area contributed by atoms with Crippen LogP contribution >= 0.6 is 34.8 Å². The summed E-state index contributed by atoms with van der Waals surface area (Å²) in [5, 5.41) is 0.951. The van der Waals surface area contributed by atoms with E-state index in [2.05, 4.69) is 4.74 Å². The SMILES string of the molecule is O=C(COc1ccc(Cl)cc1Cl)OCc1cc(Cl)ccc1OC(F)F. The maximum atomic E-state index is 12.4. The van der Waals surface area contributed by atoms with Crippen LogP contribution in [0.15, 0.2) is 36.4 Å². The van der Waals surface area contributed by atoms with E-state index >= 15 is 0 Å². The van der Waals surface area contributed by atoms with E-state index in [1.54, 1.807) is 6.07 Å². The Hall–Kier alpha value is -1.76. The molecule has 0 saturated carbocycles. The third-order valence-corrected chi connectivity index (χ3v) is 3.63. The zero-order valence-electron chi connectivity index (χ0n) is 12.5. The second-order valence-corrected chi connectivity index (χ2v) is 5.93. The Bertz CT molecular complexity index is 756. The lowest BCUT2D eigenvalue weighted by atomic mass is 10.2.